The lowest BCUT2D eigenvalue weighted by Crippen LogP contribution is -2.32. The van der Waals surface area contributed by atoms with Crippen LogP contribution in [0.5, 0.6) is 5.75 Å². The normalized spacial score (nSPS) is 19.4. The van der Waals surface area contributed by atoms with Crippen LogP contribution in [0.25, 0.3) is 0 Å². The summed E-state index contributed by atoms with van der Waals surface area (Å²) >= 11 is 5.04. The van der Waals surface area contributed by atoms with E-state index in [0.29, 0.717) is 20.3 Å². The second-order valence-electron chi connectivity index (χ2n) is 10.4. The summed E-state index contributed by atoms with van der Waals surface area (Å²) in [6.45, 7) is -0.754. The Balaban J connectivity index is 1.35. The minimum atomic E-state index is -4.74. The van der Waals surface area contributed by atoms with Crippen LogP contribution in [0.3, 0.4) is 0 Å². The molecule has 3 aromatic carbocycles. The fourth-order valence-corrected chi connectivity index (χ4v) is 8.38. The Labute approximate surface area is 277 Å². The molecule has 47 heavy (non-hydrogen) atoms. The van der Waals surface area contributed by atoms with Gasteiger partial charge in [-0.1, -0.05) is 57.2 Å². The number of aromatic amines is 1. The Kier molecular flexibility index (Phi) is 8.50. The third-order valence-corrected chi connectivity index (χ3v) is 10.3. The number of carbonyl (C=O) groups is 3. The van der Waals surface area contributed by atoms with Crippen molar-refractivity contribution in [2.24, 2.45) is 5.92 Å². The highest BCUT2D eigenvalue weighted by molar-refractivity contribution is 9.10. The molecule has 2 N–H and O–H groups in total. The number of hydrogen-bond donors (Lipinski definition) is 2. The van der Waals surface area contributed by atoms with Gasteiger partial charge in [-0.05, 0) is 48.5 Å². The SMILES string of the molecule is O=C(COc1ccc(Br)cc1C1c2sc(=O)[nH]c2SC2C(=O)N(c3cccc(C(F)(F)F)c3)C(=O)C21)Nc1ccccc1C(F)(F)F. The molecule has 1 saturated heterocycles. The molecule has 3 unspecified atom stereocenters. The number of para-hydroxylation sites is 1. The molecule has 0 radical (unpaired) electrons. The number of carbonyl (C=O) groups excluding carboxylic acids is 3. The van der Waals surface area contributed by atoms with E-state index in [1.807, 2.05) is 0 Å². The number of alkyl halides is 6. The number of rotatable bonds is 6. The molecular formula is C30H18BrF6N3O5S2. The molecule has 0 aliphatic carbocycles. The van der Waals surface area contributed by atoms with Gasteiger partial charge in [0, 0.05) is 20.8 Å². The number of thioether (sulfide) groups is 1. The number of anilines is 2. The molecule has 1 aromatic heterocycles. The van der Waals surface area contributed by atoms with Crippen molar-refractivity contribution in [3.63, 3.8) is 0 Å². The van der Waals surface area contributed by atoms with Crippen molar-refractivity contribution in [2.75, 3.05) is 16.8 Å². The molecule has 1 fully saturated rings. The average molecular weight is 759 g/mol. The number of imide groups is 1. The summed E-state index contributed by atoms with van der Waals surface area (Å²) < 4.78 is 87.0. The lowest BCUT2D eigenvalue weighted by Gasteiger charge is -2.31. The number of halogens is 7. The highest BCUT2D eigenvalue weighted by atomic mass is 79.9. The molecule has 244 valence electrons. The van der Waals surface area contributed by atoms with Crippen molar-refractivity contribution >= 4 is 68.1 Å². The van der Waals surface area contributed by atoms with Gasteiger partial charge in [0.15, 0.2) is 6.61 Å². The Morgan fingerprint density at radius 3 is 2.40 bits per heavy atom. The van der Waals surface area contributed by atoms with Crippen molar-refractivity contribution in [3.05, 3.63) is 102 Å². The Morgan fingerprint density at radius 2 is 1.68 bits per heavy atom. The Hall–Kier alpha value is -4.09. The van der Waals surface area contributed by atoms with E-state index in [4.69, 9.17) is 4.74 Å². The number of aromatic nitrogens is 1. The van der Waals surface area contributed by atoms with E-state index in [0.717, 1.165) is 47.4 Å². The third-order valence-electron chi connectivity index (χ3n) is 7.43. The summed E-state index contributed by atoms with van der Waals surface area (Å²) in [6.07, 6.45) is -9.47. The monoisotopic (exact) mass is 757 g/mol. The van der Waals surface area contributed by atoms with Crippen molar-refractivity contribution in [1.29, 1.82) is 0 Å². The van der Waals surface area contributed by atoms with Crippen molar-refractivity contribution < 1.29 is 45.5 Å². The Bertz CT molecular complexity index is 1980. The quantitative estimate of drug-likeness (QED) is 0.161. The average Bonchev–Trinajstić information content (AvgIpc) is 3.49. The number of H-pyrrole nitrogens is 1. The van der Waals surface area contributed by atoms with Gasteiger partial charge >= 0.3 is 17.2 Å². The lowest BCUT2D eigenvalue weighted by atomic mass is 9.82. The topological polar surface area (TPSA) is 109 Å². The van der Waals surface area contributed by atoms with E-state index < -0.39 is 75.5 Å². The van der Waals surface area contributed by atoms with Gasteiger partial charge in [-0.3, -0.25) is 19.2 Å². The maximum absolute atomic E-state index is 14.0. The minimum absolute atomic E-state index is 0.0210. The molecule has 3 amide bonds. The van der Waals surface area contributed by atoms with E-state index in [1.165, 1.54) is 24.3 Å². The van der Waals surface area contributed by atoms with Crippen molar-refractivity contribution in [2.45, 2.75) is 28.5 Å². The highest BCUT2D eigenvalue weighted by Crippen LogP contribution is 2.55. The van der Waals surface area contributed by atoms with Gasteiger partial charge in [0.25, 0.3) is 5.91 Å². The summed E-state index contributed by atoms with van der Waals surface area (Å²) in [5.41, 5.74) is -2.63. The molecule has 8 nitrogen and oxygen atoms in total. The fourth-order valence-electron chi connectivity index (χ4n) is 5.49. The van der Waals surface area contributed by atoms with E-state index >= 15 is 0 Å². The first kappa shape index (κ1) is 32.8. The summed E-state index contributed by atoms with van der Waals surface area (Å²) in [7, 11) is 0. The Morgan fingerprint density at radius 1 is 0.936 bits per heavy atom. The number of ether oxygens (including phenoxy) is 1. The molecule has 3 atom stereocenters. The zero-order chi connectivity index (χ0) is 33.8. The van der Waals surface area contributed by atoms with Gasteiger partial charge in [-0.15, -0.1) is 0 Å². The van der Waals surface area contributed by atoms with Crippen LogP contribution >= 0.6 is 39.0 Å². The smallest absolute Gasteiger partial charge is 0.418 e. The number of hydrogen-bond acceptors (Lipinski definition) is 7. The van der Waals surface area contributed by atoms with Crippen LogP contribution in [0.4, 0.5) is 37.7 Å². The summed E-state index contributed by atoms with van der Waals surface area (Å²) in [5, 5.41) is 1.32. The van der Waals surface area contributed by atoms with Crippen LogP contribution in [-0.4, -0.2) is 34.6 Å². The number of amides is 3. The highest BCUT2D eigenvalue weighted by Gasteiger charge is 2.57. The molecule has 17 heteroatoms. The molecular weight excluding hydrogens is 740 g/mol. The van der Waals surface area contributed by atoms with Crippen LogP contribution in [0, 0.1) is 5.92 Å². The van der Waals surface area contributed by atoms with Crippen molar-refractivity contribution in [1.82, 2.24) is 4.98 Å². The fraction of sp³-hybridized carbons (Fsp3) is 0.200. The van der Waals surface area contributed by atoms with Gasteiger partial charge in [0.1, 0.15) is 11.0 Å². The first-order chi connectivity index (χ1) is 22.1. The summed E-state index contributed by atoms with van der Waals surface area (Å²) in [5.74, 6) is -4.74. The second-order valence-corrected chi connectivity index (χ2v) is 13.5. The standard InChI is InChI=1S/C30H18BrF6N3O5S2/c31-14-8-9-19(45-12-20(41)38-18-7-2-1-6-17(18)30(35,36)37)16(11-14)21-22-24(46-25-23(21)47-28(44)39-25)27(43)40(26(22)42)15-5-3-4-13(10-15)29(32,33)34/h1-11,21-22,24H,12H2,(H,38,41)(H,39,44). The molecule has 0 spiro atoms. The molecule has 3 heterocycles. The number of nitrogens with one attached hydrogen (secondary N) is 2. The summed E-state index contributed by atoms with van der Waals surface area (Å²) in [4.78, 5) is 56.1. The molecule has 6 rings (SSSR count). The zero-order valence-electron chi connectivity index (χ0n) is 23.2. The zero-order valence-corrected chi connectivity index (χ0v) is 26.5. The van der Waals surface area contributed by atoms with Crippen LogP contribution in [0.1, 0.15) is 27.5 Å². The van der Waals surface area contributed by atoms with Gasteiger partial charge in [-0.25, -0.2) is 4.90 Å². The summed E-state index contributed by atoms with van der Waals surface area (Å²) in [6, 6.07) is 12.7. The second kappa shape index (κ2) is 12.2. The predicted octanol–water partition coefficient (Wildman–Crippen LogP) is 7.05. The largest absolute Gasteiger partial charge is 0.483 e. The lowest BCUT2D eigenvalue weighted by molar-refractivity contribution is -0.138. The molecule has 2 aliphatic rings. The first-order valence-electron chi connectivity index (χ1n) is 13.5. The predicted molar refractivity (Wildman–Crippen MR) is 164 cm³/mol. The molecule has 2 aliphatic heterocycles. The number of fused-ring (bicyclic) bond motifs is 2. The maximum atomic E-state index is 14.0. The van der Waals surface area contributed by atoms with E-state index in [9.17, 15) is 45.5 Å². The van der Waals surface area contributed by atoms with Crippen LogP contribution in [0.2, 0.25) is 0 Å². The van der Waals surface area contributed by atoms with E-state index in [-0.39, 0.29) is 22.0 Å². The van der Waals surface area contributed by atoms with E-state index in [1.54, 1.807) is 12.1 Å². The van der Waals surface area contributed by atoms with E-state index in [2.05, 4.69) is 26.2 Å². The maximum Gasteiger partial charge on any atom is 0.418 e. The number of benzene rings is 3. The molecule has 0 saturated carbocycles. The molecule has 0 bridgehead atoms. The van der Waals surface area contributed by atoms with Gasteiger partial charge in [0.2, 0.25) is 11.8 Å². The van der Waals surface area contributed by atoms with Gasteiger partial charge in [-0.2, -0.15) is 26.3 Å². The van der Waals surface area contributed by atoms with Crippen LogP contribution in [0.15, 0.2) is 81.0 Å². The van der Waals surface area contributed by atoms with Crippen molar-refractivity contribution in [3.8, 4) is 5.75 Å². The first-order valence-corrected chi connectivity index (χ1v) is 16.0. The minimum Gasteiger partial charge on any atom is -0.483 e. The van der Waals surface area contributed by atoms with Crippen LogP contribution < -0.4 is 19.8 Å². The number of thiazole rings is 1. The van der Waals surface area contributed by atoms with Gasteiger partial charge in [0.05, 0.1) is 33.4 Å². The van der Waals surface area contributed by atoms with Crippen LogP contribution in [-0.2, 0) is 26.7 Å². The molecule has 4 aromatic rings. The number of nitrogens with zero attached hydrogens (tertiary/aromatic N) is 1. The third kappa shape index (κ3) is 6.30. The van der Waals surface area contributed by atoms with Gasteiger partial charge < -0.3 is 15.0 Å².